The van der Waals surface area contributed by atoms with Crippen LogP contribution in [0.4, 0.5) is 0 Å². The van der Waals surface area contributed by atoms with Gasteiger partial charge in [0.05, 0.1) is 103 Å². The summed E-state index contributed by atoms with van der Waals surface area (Å²) in [6, 6.07) is 12.3. The number of fused-ring (bicyclic) bond motifs is 8. The van der Waals surface area contributed by atoms with Gasteiger partial charge < -0.3 is 28.7 Å². The molecule has 7 heterocycles. The second-order valence-electron chi connectivity index (χ2n) is 17.1. The maximum absolute atomic E-state index is 14.0. The molecule has 8 bridgehead atoms. The van der Waals surface area contributed by atoms with Crippen LogP contribution in [0, 0.1) is 0 Å². The van der Waals surface area contributed by atoms with Crippen molar-refractivity contribution in [3.05, 3.63) is 70.3 Å². The van der Waals surface area contributed by atoms with Crippen molar-refractivity contribution in [2.75, 3.05) is 80.5 Å². The number of aromatic amines is 2. The summed E-state index contributed by atoms with van der Waals surface area (Å²) in [6.45, 7) is 15.5. The molecule has 2 N–H and O–H groups in total. The first-order valence-corrected chi connectivity index (χ1v) is 17.4. The van der Waals surface area contributed by atoms with Gasteiger partial charge in [0, 0.05) is 57.5 Å². The third-order valence-corrected chi connectivity index (χ3v) is 11.0. The van der Waals surface area contributed by atoms with Crippen LogP contribution in [0.25, 0.3) is 22.1 Å². The van der Waals surface area contributed by atoms with E-state index in [0.717, 1.165) is 119 Å². The lowest BCUT2D eigenvalue weighted by molar-refractivity contribution is -0.894. The first-order valence-electron chi connectivity index (χ1n) is 17.4. The SMILES string of the molecule is CC1(C)Cc2cc3[nH]c(cc4nc(cc5[nH]c(cc1n2)cc5C(=O)N1CC[N+](C)(C)CC1)CC4(C)C)cc3C(=O)N1CC[N+](C)(C)CC1. The molecule has 2 saturated heterocycles. The average Bonchev–Trinajstić information content (AvgIpc) is 3.72. The number of carbonyl (C=O) groups excluding carboxylic acids is 2. The number of amides is 2. The third kappa shape index (κ3) is 6.28. The molecule has 0 atom stereocenters. The molecule has 2 amide bonds. The van der Waals surface area contributed by atoms with Crippen molar-refractivity contribution >= 4 is 33.9 Å². The molecule has 0 unspecified atom stereocenters. The highest BCUT2D eigenvalue weighted by Crippen LogP contribution is 2.34. The molecule has 254 valence electrons. The van der Waals surface area contributed by atoms with Crippen LogP contribution in [-0.4, -0.2) is 131 Å². The van der Waals surface area contributed by atoms with E-state index in [1.165, 1.54) is 0 Å². The van der Waals surface area contributed by atoms with Crippen LogP contribution < -0.4 is 0 Å². The van der Waals surface area contributed by atoms with E-state index >= 15 is 0 Å². The highest BCUT2D eigenvalue weighted by molar-refractivity contribution is 6.03. The molecule has 0 spiro atoms. The van der Waals surface area contributed by atoms with Crippen LogP contribution in [-0.2, 0) is 23.7 Å². The van der Waals surface area contributed by atoms with E-state index in [1.807, 2.05) is 21.9 Å². The van der Waals surface area contributed by atoms with Crippen molar-refractivity contribution < 1.29 is 18.6 Å². The Morgan fingerprint density at radius 2 is 0.958 bits per heavy atom. The van der Waals surface area contributed by atoms with Gasteiger partial charge in [-0.05, 0) is 36.4 Å². The lowest BCUT2D eigenvalue weighted by atomic mass is 9.87. The largest absolute Gasteiger partial charge is 0.355 e. The summed E-state index contributed by atoms with van der Waals surface area (Å²) in [5.41, 5.74) is 7.96. The maximum atomic E-state index is 14.0. The molecule has 7 rings (SSSR count). The normalized spacial score (nSPS) is 21.2. The van der Waals surface area contributed by atoms with Crippen molar-refractivity contribution in [2.24, 2.45) is 0 Å². The maximum Gasteiger partial charge on any atom is 0.256 e. The van der Waals surface area contributed by atoms with Gasteiger partial charge in [0.1, 0.15) is 0 Å². The van der Waals surface area contributed by atoms with Gasteiger partial charge in [-0.1, -0.05) is 27.7 Å². The second-order valence-corrected chi connectivity index (χ2v) is 17.1. The Labute approximate surface area is 284 Å². The van der Waals surface area contributed by atoms with E-state index in [2.05, 4.69) is 90.1 Å². The van der Waals surface area contributed by atoms with E-state index in [4.69, 9.17) is 9.97 Å². The van der Waals surface area contributed by atoms with Crippen molar-refractivity contribution in [2.45, 2.75) is 51.4 Å². The van der Waals surface area contributed by atoms with Crippen molar-refractivity contribution in [3.63, 3.8) is 0 Å². The molecule has 48 heavy (non-hydrogen) atoms. The highest BCUT2D eigenvalue weighted by atomic mass is 16.2. The van der Waals surface area contributed by atoms with Gasteiger partial charge in [0.2, 0.25) is 0 Å². The fourth-order valence-corrected chi connectivity index (χ4v) is 7.51. The number of nitrogens with one attached hydrogen (secondary N) is 2. The summed E-state index contributed by atoms with van der Waals surface area (Å²) in [5, 5.41) is 0. The molecule has 4 aliphatic rings. The molecule has 4 aliphatic heterocycles. The Hall–Kier alpha value is -4.02. The molecule has 3 aromatic heterocycles. The zero-order chi connectivity index (χ0) is 34.2. The highest BCUT2D eigenvalue weighted by Gasteiger charge is 2.33. The topological polar surface area (TPSA) is 98.0 Å². The fourth-order valence-electron chi connectivity index (χ4n) is 7.51. The van der Waals surface area contributed by atoms with E-state index in [1.54, 1.807) is 0 Å². The minimum absolute atomic E-state index is 0.0589. The molecule has 2 fully saturated rings. The summed E-state index contributed by atoms with van der Waals surface area (Å²) >= 11 is 0. The Morgan fingerprint density at radius 1 is 0.604 bits per heavy atom. The summed E-state index contributed by atoms with van der Waals surface area (Å²) in [7, 11) is 8.89. The first-order chi connectivity index (χ1) is 22.5. The molecular formula is C38H52N8O2+2. The van der Waals surface area contributed by atoms with Crippen LogP contribution in [0.5, 0.6) is 0 Å². The molecule has 10 nitrogen and oxygen atoms in total. The van der Waals surface area contributed by atoms with E-state index in [-0.39, 0.29) is 22.6 Å². The Balaban J connectivity index is 1.40. The first kappa shape index (κ1) is 32.5. The molecule has 10 heteroatoms. The number of likely N-dealkylation sites (N-methyl/N-ethyl adjacent to an activating group) is 2. The Kier molecular flexibility index (Phi) is 7.64. The van der Waals surface area contributed by atoms with Gasteiger partial charge in [-0.3, -0.25) is 19.6 Å². The standard InChI is InChI=1S/C38H51N8O2/c1-37(2)23-27-19-31-30(36(48)44-11-15-46(7,8)16-12-44)18-26(40-31)22-34-38(3,4)24-28(42-34)20-32-29(17-25(39-32)21-33(37)41-27)35(47)43-9-13-45(5,6)14-10-43/h17-22H,9-16,23-24H2,1-8H3,(H-,39,40,41,42,47,48)/q+1/p+1. The number of nitrogens with zero attached hydrogens (tertiary/aromatic N) is 6. The number of hydrogen-bond acceptors (Lipinski definition) is 4. The summed E-state index contributed by atoms with van der Waals surface area (Å²) < 4.78 is 1.85. The van der Waals surface area contributed by atoms with Crippen molar-refractivity contribution in [1.29, 1.82) is 0 Å². The summed E-state index contributed by atoms with van der Waals surface area (Å²) in [5.74, 6) is 0.118. The van der Waals surface area contributed by atoms with Gasteiger partial charge in [-0.15, -0.1) is 0 Å². The quantitative estimate of drug-likeness (QED) is 0.401. The molecule has 3 aromatic rings. The van der Waals surface area contributed by atoms with Crippen LogP contribution in [0.1, 0.15) is 71.2 Å². The van der Waals surface area contributed by atoms with Gasteiger partial charge in [-0.25, -0.2) is 0 Å². The van der Waals surface area contributed by atoms with Crippen LogP contribution in [0.15, 0.2) is 36.4 Å². The Bertz CT molecular complexity index is 1800. The monoisotopic (exact) mass is 652 g/mol. The van der Waals surface area contributed by atoms with Crippen molar-refractivity contribution in [3.8, 4) is 0 Å². The molecule has 0 aliphatic carbocycles. The number of rotatable bonds is 2. The number of quaternary nitrogens is 2. The second kappa shape index (κ2) is 11.3. The molecule has 0 radical (unpaired) electrons. The Morgan fingerprint density at radius 3 is 1.31 bits per heavy atom. The number of aromatic nitrogens is 4. The average molecular weight is 653 g/mol. The van der Waals surface area contributed by atoms with Gasteiger partial charge >= 0.3 is 0 Å². The minimum Gasteiger partial charge on any atom is -0.355 e. The zero-order valence-corrected chi connectivity index (χ0v) is 30.0. The number of hydrogen-bond donors (Lipinski definition) is 2. The van der Waals surface area contributed by atoms with E-state index in [0.29, 0.717) is 11.1 Å². The van der Waals surface area contributed by atoms with Gasteiger partial charge in [-0.2, -0.15) is 0 Å². The van der Waals surface area contributed by atoms with Crippen molar-refractivity contribution in [1.82, 2.24) is 29.7 Å². The number of carbonyl (C=O) groups is 2. The molecule has 0 aromatic carbocycles. The van der Waals surface area contributed by atoms with Gasteiger partial charge in [0.25, 0.3) is 11.8 Å². The zero-order valence-electron chi connectivity index (χ0n) is 30.0. The van der Waals surface area contributed by atoms with E-state index < -0.39 is 0 Å². The third-order valence-electron chi connectivity index (χ3n) is 11.0. The molecular weight excluding hydrogens is 600 g/mol. The number of piperazine rings is 2. The van der Waals surface area contributed by atoms with Gasteiger partial charge in [0.15, 0.2) is 0 Å². The van der Waals surface area contributed by atoms with Crippen LogP contribution in [0.2, 0.25) is 0 Å². The van der Waals surface area contributed by atoms with E-state index in [9.17, 15) is 9.59 Å². The number of H-pyrrole nitrogens is 2. The predicted molar refractivity (Wildman–Crippen MR) is 190 cm³/mol. The fraction of sp³-hybridized carbons (Fsp3) is 0.526. The lowest BCUT2D eigenvalue weighted by Crippen LogP contribution is -2.56. The smallest absolute Gasteiger partial charge is 0.256 e. The molecule has 0 saturated carbocycles. The lowest BCUT2D eigenvalue weighted by Gasteiger charge is -2.39. The minimum atomic E-state index is -0.222. The van der Waals surface area contributed by atoms with Crippen LogP contribution in [0.3, 0.4) is 0 Å². The predicted octanol–water partition coefficient (Wildman–Crippen LogP) is 4.42. The van der Waals surface area contributed by atoms with Crippen LogP contribution >= 0.6 is 0 Å². The summed E-state index contributed by atoms with van der Waals surface area (Å²) in [4.78, 5) is 49.4. The summed E-state index contributed by atoms with van der Waals surface area (Å²) in [6.07, 6.45) is 1.48.